The maximum Gasteiger partial charge on any atom is 0.124 e. The van der Waals surface area contributed by atoms with E-state index in [9.17, 15) is 4.39 Å². The van der Waals surface area contributed by atoms with Gasteiger partial charge in [0, 0.05) is 22.2 Å². The Bertz CT molecular complexity index is 370. The van der Waals surface area contributed by atoms with Gasteiger partial charge in [-0.15, -0.1) is 0 Å². The summed E-state index contributed by atoms with van der Waals surface area (Å²) >= 11 is 3.36. The molecule has 1 aliphatic rings. The van der Waals surface area contributed by atoms with Crippen LogP contribution in [0.15, 0.2) is 22.7 Å². The molecule has 1 saturated carbocycles. The molecule has 2 unspecified atom stereocenters. The van der Waals surface area contributed by atoms with Crippen LogP contribution in [0.5, 0.6) is 0 Å². The van der Waals surface area contributed by atoms with Gasteiger partial charge in [-0.2, -0.15) is 0 Å². The van der Waals surface area contributed by atoms with Crippen molar-refractivity contribution in [1.82, 2.24) is 0 Å². The van der Waals surface area contributed by atoms with Gasteiger partial charge in [0.05, 0.1) is 0 Å². The number of nitrogens with two attached hydrogens (primary N) is 1. The summed E-state index contributed by atoms with van der Waals surface area (Å²) in [5.41, 5.74) is 6.87. The molecule has 88 valence electrons. The van der Waals surface area contributed by atoms with Crippen molar-refractivity contribution < 1.29 is 4.39 Å². The van der Waals surface area contributed by atoms with Gasteiger partial charge >= 0.3 is 0 Å². The largest absolute Gasteiger partial charge is 0.381 e. The molecule has 1 aromatic rings. The highest BCUT2D eigenvalue weighted by atomic mass is 79.9. The van der Waals surface area contributed by atoms with Crippen LogP contribution in [0.1, 0.15) is 25.7 Å². The zero-order chi connectivity index (χ0) is 11.5. The summed E-state index contributed by atoms with van der Waals surface area (Å²) < 4.78 is 13.7. The number of hydrogen-bond acceptors (Lipinski definition) is 2. The molecule has 0 saturated heterocycles. The van der Waals surface area contributed by atoms with E-state index in [2.05, 4.69) is 21.2 Å². The standard InChI is InChI=1S/C12H16BrFN2/c13-11-6-8(14)4-5-12(11)16-10-3-1-2-9(15)7-10/h4-6,9-10,16H,1-3,7,15H2. The summed E-state index contributed by atoms with van der Waals surface area (Å²) in [6, 6.07) is 5.41. The molecule has 0 heterocycles. The molecule has 3 N–H and O–H groups in total. The van der Waals surface area contributed by atoms with Crippen molar-refractivity contribution in [1.29, 1.82) is 0 Å². The lowest BCUT2D eigenvalue weighted by atomic mass is 9.91. The molecular formula is C12H16BrFN2. The molecule has 1 aromatic carbocycles. The third-order valence-corrected chi connectivity index (χ3v) is 3.66. The maximum absolute atomic E-state index is 12.9. The van der Waals surface area contributed by atoms with Crippen LogP contribution in [-0.2, 0) is 0 Å². The fraction of sp³-hybridized carbons (Fsp3) is 0.500. The summed E-state index contributed by atoms with van der Waals surface area (Å²) in [5, 5.41) is 3.41. The van der Waals surface area contributed by atoms with E-state index in [1.807, 2.05) is 0 Å². The van der Waals surface area contributed by atoms with E-state index in [-0.39, 0.29) is 5.82 Å². The Balaban J connectivity index is 2.02. The first-order valence-corrected chi connectivity index (χ1v) is 6.41. The summed E-state index contributed by atoms with van der Waals surface area (Å²) in [6.07, 6.45) is 4.40. The lowest BCUT2D eigenvalue weighted by Gasteiger charge is -2.28. The monoisotopic (exact) mass is 286 g/mol. The molecule has 2 atom stereocenters. The molecule has 0 bridgehead atoms. The van der Waals surface area contributed by atoms with Gasteiger partial charge in [-0.3, -0.25) is 0 Å². The molecule has 0 spiro atoms. The Morgan fingerprint density at radius 2 is 2.19 bits per heavy atom. The zero-order valence-corrected chi connectivity index (χ0v) is 10.6. The number of halogens is 2. The predicted octanol–water partition coefficient (Wildman–Crippen LogP) is 3.27. The highest BCUT2D eigenvalue weighted by molar-refractivity contribution is 9.10. The van der Waals surface area contributed by atoms with Gasteiger partial charge < -0.3 is 11.1 Å². The fourth-order valence-corrected chi connectivity index (χ4v) is 2.65. The van der Waals surface area contributed by atoms with Gasteiger partial charge in [0.25, 0.3) is 0 Å². The van der Waals surface area contributed by atoms with Gasteiger partial charge in [0.2, 0.25) is 0 Å². The topological polar surface area (TPSA) is 38.0 Å². The SMILES string of the molecule is NC1CCCC(Nc2ccc(F)cc2Br)C1. The first-order valence-electron chi connectivity index (χ1n) is 5.62. The number of nitrogens with one attached hydrogen (secondary N) is 1. The van der Waals surface area contributed by atoms with Crippen molar-refractivity contribution in [3.05, 3.63) is 28.5 Å². The van der Waals surface area contributed by atoms with Crippen LogP contribution in [0.2, 0.25) is 0 Å². The minimum atomic E-state index is -0.224. The smallest absolute Gasteiger partial charge is 0.124 e. The van der Waals surface area contributed by atoms with Gasteiger partial charge in [0.1, 0.15) is 5.82 Å². The second kappa shape index (κ2) is 5.15. The van der Waals surface area contributed by atoms with Crippen molar-refractivity contribution in [3.63, 3.8) is 0 Å². The molecule has 0 amide bonds. The lowest BCUT2D eigenvalue weighted by Crippen LogP contribution is -2.34. The summed E-state index contributed by atoms with van der Waals surface area (Å²) in [4.78, 5) is 0. The minimum Gasteiger partial charge on any atom is -0.381 e. The minimum absolute atomic E-state index is 0.224. The summed E-state index contributed by atoms with van der Waals surface area (Å²) in [7, 11) is 0. The average molecular weight is 287 g/mol. The van der Waals surface area contributed by atoms with Crippen LogP contribution < -0.4 is 11.1 Å². The van der Waals surface area contributed by atoms with Gasteiger partial charge in [-0.25, -0.2) is 4.39 Å². The van der Waals surface area contributed by atoms with Gasteiger partial charge in [0.15, 0.2) is 0 Å². The molecule has 0 aromatic heterocycles. The Hall–Kier alpha value is -0.610. The van der Waals surface area contributed by atoms with E-state index in [4.69, 9.17) is 5.73 Å². The van der Waals surface area contributed by atoms with Crippen molar-refractivity contribution in [2.45, 2.75) is 37.8 Å². The van der Waals surface area contributed by atoms with Crippen LogP contribution in [0.3, 0.4) is 0 Å². The Kier molecular flexibility index (Phi) is 3.82. The first-order chi connectivity index (χ1) is 7.65. The van der Waals surface area contributed by atoms with E-state index < -0.39 is 0 Å². The molecule has 2 rings (SSSR count). The van der Waals surface area contributed by atoms with E-state index in [0.29, 0.717) is 12.1 Å². The molecule has 0 radical (unpaired) electrons. The van der Waals surface area contributed by atoms with E-state index in [0.717, 1.165) is 35.8 Å². The second-order valence-electron chi connectivity index (χ2n) is 4.39. The zero-order valence-electron chi connectivity index (χ0n) is 9.05. The predicted molar refractivity (Wildman–Crippen MR) is 68.0 cm³/mol. The van der Waals surface area contributed by atoms with E-state index in [1.165, 1.54) is 12.1 Å². The Morgan fingerprint density at radius 1 is 1.38 bits per heavy atom. The maximum atomic E-state index is 12.9. The van der Waals surface area contributed by atoms with Gasteiger partial charge in [-0.05, 0) is 59.8 Å². The molecule has 1 fully saturated rings. The molecule has 4 heteroatoms. The van der Waals surface area contributed by atoms with Crippen molar-refractivity contribution in [2.75, 3.05) is 5.32 Å². The third-order valence-electron chi connectivity index (χ3n) is 3.01. The van der Waals surface area contributed by atoms with E-state index >= 15 is 0 Å². The number of benzene rings is 1. The molecule has 1 aliphatic carbocycles. The average Bonchev–Trinajstić information content (AvgIpc) is 2.22. The van der Waals surface area contributed by atoms with Crippen LogP contribution in [-0.4, -0.2) is 12.1 Å². The highest BCUT2D eigenvalue weighted by Crippen LogP contribution is 2.27. The molecular weight excluding hydrogens is 271 g/mol. The fourth-order valence-electron chi connectivity index (χ4n) is 2.19. The third kappa shape index (κ3) is 2.95. The highest BCUT2D eigenvalue weighted by Gasteiger charge is 2.19. The number of rotatable bonds is 2. The quantitative estimate of drug-likeness (QED) is 0.876. The van der Waals surface area contributed by atoms with Crippen LogP contribution >= 0.6 is 15.9 Å². The van der Waals surface area contributed by atoms with E-state index in [1.54, 1.807) is 6.07 Å². The summed E-state index contributed by atoms with van der Waals surface area (Å²) in [5.74, 6) is -0.224. The van der Waals surface area contributed by atoms with Crippen LogP contribution in [0, 0.1) is 5.82 Å². The molecule has 2 nitrogen and oxygen atoms in total. The number of hydrogen-bond donors (Lipinski definition) is 2. The Labute approximate surface area is 104 Å². The van der Waals surface area contributed by atoms with Gasteiger partial charge in [-0.1, -0.05) is 0 Å². The lowest BCUT2D eigenvalue weighted by molar-refractivity contribution is 0.409. The normalized spacial score (nSPS) is 25.4. The summed E-state index contributed by atoms with van der Waals surface area (Å²) in [6.45, 7) is 0. The van der Waals surface area contributed by atoms with Crippen molar-refractivity contribution in [3.8, 4) is 0 Å². The Morgan fingerprint density at radius 3 is 2.88 bits per heavy atom. The number of anilines is 1. The van der Waals surface area contributed by atoms with Crippen molar-refractivity contribution in [2.24, 2.45) is 5.73 Å². The van der Waals surface area contributed by atoms with Crippen molar-refractivity contribution >= 4 is 21.6 Å². The second-order valence-corrected chi connectivity index (χ2v) is 5.25. The van der Waals surface area contributed by atoms with Crippen LogP contribution in [0.25, 0.3) is 0 Å². The molecule has 16 heavy (non-hydrogen) atoms. The van der Waals surface area contributed by atoms with Crippen LogP contribution in [0.4, 0.5) is 10.1 Å². The molecule has 0 aliphatic heterocycles. The first kappa shape index (κ1) is 11.9.